The van der Waals surface area contributed by atoms with Crippen molar-refractivity contribution in [3.05, 3.63) is 120 Å². The zero-order valence-corrected chi connectivity index (χ0v) is 32.8. The lowest BCUT2D eigenvalue weighted by molar-refractivity contribution is -0.266. The smallest absolute Gasteiger partial charge is 0.143 e. The molecule has 5 aliphatic carbocycles. The minimum absolute atomic E-state index is 0.0187. The van der Waals surface area contributed by atoms with Crippen LogP contribution in [0.4, 0.5) is 0 Å². The maximum absolute atomic E-state index is 11.3. The number of fused-ring (bicyclic) bond motifs is 7. The molecule has 0 heterocycles. The summed E-state index contributed by atoms with van der Waals surface area (Å²) in [6, 6.07) is 32.7. The third kappa shape index (κ3) is 5.00. The Hall–Kier alpha value is -2.72. The van der Waals surface area contributed by atoms with Crippen molar-refractivity contribution >= 4 is 0 Å². The van der Waals surface area contributed by atoms with Gasteiger partial charge in [-0.05, 0) is 138 Å². The number of hydrogen-bond acceptors (Lipinski definition) is 3. The van der Waals surface area contributed by atoms with E-state index in [1.54, 1.807) is 0 Å². The summed E-state index contributed by atoms with van der Waals surface area (Å²) in [6.07, 6.45) is 9.00. The SMILES string of the molecule is C=C(C)[C@@H]1CC[C@]2(COC(c3ccccc3)(c3ccccc3)c3ccccc3)CC[C@]3(C)[C@H](CC[C@@H]4[C@@]5(C)C[C@@H](O)[C@@H](O)C(C)(C)[C@@H]5CC[C@]43C)[C@@H]12. The van der Waals surface area contributed by atoms with Crippen molar-refractivity contribution in [1.29, 1.82) is 0 Å². The normalized spacial score (nSPS) is 40.9. The van der Waals surface area contributed by atoms with Crippen LogP contribution in [-0.4, -0.2) is 29.0 Å². The highest BCUT2D eigenvalue weighted by atomic mass is 16.5. The number of rotatable bonds is 7. The van der Waals surface area contributed by atoms with Crippen LogP contribution in [0.2, 0.25) is 0 Å². The molecule has 0 saturated heterocycles. The fraction of sp³-hybridized carbons (Fsp3) is 0.592. The summed E-state index contributed by atoms with van der Waals surface area (Å²) < 4.78 is 7.75. The fourth-order valence-electron chi connectivity index (χ4n) is 14.7. The van der Waals surface area contributed by atoms with Gasteiger partial charge in [0, 0.05) is 0 Å². The van der Waals surface area contributed by atoms with Crippen LogP contribution in [0.15, 0.2) is 103 Å². The Balaban J connectivity index is 1.19. The molecule has 0 bridgehead atoms. The number of hydrogen-bond donors (Lipinski definition) is 2. The first kappa shape index (κ1) is 36.3. The van der Waals surface area contributed by atoms with Crippen molar-refractivity contribution in [2.24, 2.45) is 56.7 Å². The van der Waals surface area contributed by atoms with Gasteiger partial charge in [-0.3, -0.25) is 0 Å². The van der Waals surface area contributed by atoms with Gasteiger partial charge in [0.2, 0.25) is 0 Å². The molecule has 0 aromatic heterocycles. The summed E-state index contributed by atoms with van der Waals surface area (Å²) in [7, 11) is 0. The summed E-state index contributed by atoms with van der Waals surface area (Å²) in [6.45, 7) is 20.0. The van der Waals surface area contributed by atoms with E-state index in [0.717, 1.165) is 19.4 Å². The largest absolute Gasteiger partial charge is 0.390 e. The zero-order chi connectivity index (χ0) is 36.7. The molecule has 11 atom stereocenters. The summed E-state index contributed by atoms with van der Waals surface area (Å²) in [5.74, 6) is 2.59. The average Bonchev–Trinajstić information content (AvgIpc) is 3.53. The quantitative estimate of drug-likeness (QED) is 0.191. The molecule has 5 fully saturated rings. The Morgan fingerprint density at radius 2 is 1.25 bits per heavy atom. The van der Waals surface area contributed by atoms with Crippen molar-refractivity contribution in [2.45, 2.75) is 117 Å². The van der Waals surface area contributed by atoms with E-state index >= 15 is 0 Å². The summed E-state index contributed by atoms with van der Waals surface area (Å²) in [5.41, 5.74) is 4.34. The third-order valence-electron chi connectivity index (χ3n) is 17.3. The molecule has 5 aliphatic rings. The number of ether oxygens (including phenoxy) is 1. The van der Waals surface area contributed by atoms with Crippen LogP contribution in [0.25, 0.3) is 0 Å². The van der Waals surface area contributed by atoms with Gasteiger partial charge < -0.3 is 14.9 Å². The first-order valence-electron chi connectivity index (χ1n) is 20.6. The topological polar surface area (TPSA) is 49.7 Å². The van der Waals surface area contributed by atoms with Gasteiger partial charge in [-0.2, -0.15) is 0 Å². The molecule has 3 aromatic carbocycles. The molecular weight excluding hydrogens is 637 g/mol. The summed E-state index contributed by atoms with van der Waals surface area (Å²) >= 11 is 0. The molecule has 0 spiro atoms. The Morgan fingerprint density at radius 1 is 0.692 bits per heavy atom. The maximum atomic E-state index is 11.3. The van der Waals surface area contributed by atoms with Crippen LogP contribution in [0.5, 0.6) is 0 Å². The van der Waals surface area contributed by atoms with E-state index < -0.39 is 17.8 Å². The van der Waals surface area contributed by atoms with E-state index in [1.807, 2.05) is 0 Å². The predicted octanol–water partition coefficient (Wildman–Crippen LogP) is 11.0. The first-order valence-corrected chi connectivity index (χ1v) is 20.6. The second-order valence-corrected chi connectivity index (χ2v) is 19.7. The van der Waals surface area contributed by atoms with Crippen molar-refractivity contribution in [3.63, 3.8) is 0 Å². The van der Waals surface area contributed by atoms with E-state index in [0.29, 0.717) is 29.6 Å². The standard InChI is InChI=1S/C49H64O3/c1-33(2)37-25-28-48(32-52-49(34-17-11-8-12-18-34,35-19-13-9-14-20-35)36-21-15-10-16-22-36)30-29-46(6)38(42(37)48)23-24-41-45(5)31-39(50)43(51)44(3,4)40(45)26-27-47(41,46)7/h8-22,37-43,50-51H,1,23-32H2,2-7H3/t37-,38+,39+,40-,41+,42+,43+,45-,46+,47+,48+/m0/s1. The molecule has 0 amide bonds. The summed E-state index contributed by atoms with van der Waals surface area (Å²) in [5, 5.41) is 22.6. The molecule has 3 nitrogen and oxygen atoms in total. The number of aliphatic hydroxyl groups is 2. The van der Waals surface area contributed by atoms with Gasteiger partial charge in [-0.15, -0.1) is 0 Å². The number of benzene rings is 3. The Labute approximate surface area is 314 Å². The van der Waals surface area contributed by atoms with Crippen LogP contribution in [-0.2, 0) is 10.3 Å². The van der Waals surface area contributed by atoms with E-state index in [-0.39, 0.29) is 27.1 Å². The van der Waals surface area contributed by atoms with E-state index in [9.17, 15) is 10.2 Å². The average molecular weight is 701 g/mol. The molecule has 52 heavy (non-hydrogen) atoms. The van der Waals surface area contributed by atoms with Crippen LogP contribution in [0, 0.1) is 56.7 Å². The van der Waals surface area contributed by atoms with Gasteiger partial charge in [-0.25, -0.2) is 0 Å². The molecule has 0 aliphatic heterocycles. The Bertz CT molecular complexity index is 1650. The van der Waals surface area contributed by atoms with Gasteiger partial charge in [0.05, 0.1) is 18.8 Å². The molecular formula is C49H64O3. The highest BCUT2D eigenvalue weighted by Crippen LogP contribution is 2.77. The molecule has 3 aromatic rings. The van der Waals surface area contributed by atoms with Crippen molar-refractivity contribution in [1.82, 2.24) is 0 Å². The Kier molecular flexibility index (Phi) is 8.84. The second kappa shape index (κ2) is 12.7. The van der Waals surface area contributed by atoms with Gasteiger partial charge in [0.15, 0.2) is 0 Å². The predicted molar refractivity (Wildman–Crippen MR) is 212 cm³/mol. The van der Waals surface area contributed by atoms with Crippen LogP contribution >= 0.6 is 0 Å². The second-order valence-electron chi connectivity index (χ2n) is 19.7. The lowest BCUT2D eigenvalue weighted by Gasteiger charge is -2.73. The molecule has 0 radical (unpaired) electrons. The molecule has 278 valence electrons. The summed E-state index contributed by atoms with van der Waals surface area (Å²) in [4.78, 5) is 0. The molecule has 0 unspecified atom stereocenters. The molecule has 8 rings (SSSR count). The number of allylic oxidation sites excluding steroid dienone is 1. The third-order valence-corrected chi connectivity index (χ3v) is 17.3. The monoisotopic (exact) mass is 700 g/mol. The highest BCUT2D eigenvalue weighted by Gasteiger charge is 2.71. The van der Waals surface area contributed by atoms with Crippen molar-refractivity contribution in [3.8, 4) is 0 Å². The molecule has 3 heteroatoms. The lowest BCUT2D eigenvalue weighted by atomic mass is 9.32. The van der Waals surface area contributed by atoms with Crippen LogP contribution < -0.4 is 0 Å². The first-order chi connectivity index (χ1) is 24.7. The minimum Gasteiger partial charge on any atom is -0.390 e. The van der Waals surface area contributed by atoms with E-state index in [2.05, 4.69) is 139 Å². The Morgan fingerprint density at radius 3 is 1.79 bits per heavy atom. The molecule has 5 saturated carbocycles. The van der Waals surface area contributed by atoms with Crippen molar-refractivity contribution < 1.29 is 14.9 Å². The van der Waals surface area contributed by atoms with Crippen LogP contribution in [0.3, 0.4) is 0 Å². The van der Waals surface area contributed by atoms with Gasteiger partial charge in [0.1, 0.15) is 5.60 Å². The zero-order valence-electron chi connectivity index (χ0n) is 32.8. The van der Waals surface area contributed by atoms with Crippen LogP contribution in [0.1, 0.15) is 116 Å². The van der Waals surface area contributed by atoms with Gasteiger partial charge in [-0.1, -0.05) is 138 Å². The highest BCUT2D eigenvalue weighted by molar-refractivity contribution is 5.47. The van der Waals surface area contributed by atoms with E-state index in [1.165, 1.54) is 67.2 Å². The van der Waals surface area contributed by atoms with Gasteiger partial charge >= 0.3 is 0 Å². The number of aliphatic hydroxyl groups excluding tert-OH is 2. The maximum Gasteiger partial charge on any atom is 0.143 e. The fourth-order valence-corrected chi connectivity index (χ4v) is 14.7. The van der Waals surface area contributed by atoms with E-state index in [4.69, 9.17) is 4.74 Å². The molecule has 2 N–H and O–H groups in total. The van der Waals surface area contributed by atoms with Crippen molar-refractivity contribution in [2.75, 3.05) is 6.61 Å². The minimum atomic E-state index is -0.721. The lowest BCUT2D eigenvalue weighted by Crippen LogP contribution is -2.68. The van der Waals surface area contributed by atoms with Gasteiger partial charge in [0.25, 0.3) is 0 Å².